The van der Waals surface area contributed by atoms with Gasteiger partial charge >= 0.3 is 0 Å². The lowest BCUT2D eigenvalue weighted by molar-refractivity contribution is -0.129. The van der Waals surface area contributed by atoms with Crippen molar-refractivity contribution in [2.45, 2.75) is 52.1 Å². The van der Waals surface area contributed by atoms with Crippen LogP contribution in [0.1, 0.15) is 50.3 Å². The van der Waals surface area contributed by atoms with Crippen molar-refractivity contribution >= 4 is 17.5 Å². The van der Waals surface area contributed by atoms with Crippen molar-refractivity contribution in [3.05, 3.63) is 53.6 Å². The van der Waals surface area contributed by atoms with Crippen LogP contribution in [-0.4, -0.2) is 32.1 Å². The average Bonchev–Trinajstić information content (AvgIpc) is 2.78. The molecule has 0 unspecified atom stereocenters. The maximum Gasteiger partial charge on any atom is 0.227 e. The molecule has 0 bridgehead atoms. The van der Waals surface area contributed by atoms with E-state index >= 15 is 0 Å². The Hall–Kier alpha value is -3.02. The molecule has 2 amide bonds. The molecule has 0 saturated carbocycles. The van der Waals surface area contributed by atoms with Gasteiger partial charge in [-0.1, -0.05) is 30.7 Å². The molecule has 2 aromatic rings. The Kier molecular flexibility index (Phi) is 7.21. The lowest BCUT2D eigenvalue weighted by Gasteiger charge is -2.41. The number of benzene rings is 2. The highest BCUT2D eigenvalue weighted by atomic mass is 16.5. The number of amides is 2. The van der Waals surface area contributed by atoms with E-state index in [2.05, 4.69) is 5.32 Å². The van der Waals surface area contributed by atoms with Gasteiger partial charge in [0.2, 0.25) is 11.8 Å². The summed E-state index contributed by atoms with van der Waals surface area (Å²) in [7, 11) is 3.17. The molecule has 3 atom stereocenters. The number of hydrogen-bond donors (Lipinski definition) is 1. The van der Waals surface area contributed by atoms with Crippen LogP contribution in [0, 0.1) is 12.8 Å². The van der Waals surface area contributed by atoms with Crippen LogP contribution in [0.4, 0.5) is 5.69 Å². The molecular formula is C25H32N2O4. The molecule has 0 aromatic heterocycles. The Bertz CT molecular complexity index is 926. The van der Waals surface area contributed by atoms with Crippen molar-refractivity contribution in [3.63, 3.8) is 0 Å². The normalized spacial score (nSPS) is 19.6. The van der Waals surface area contributed by atoms with E-state index in [0.29, 0.717) is 24.3 Å². The maximum atomic E-state index is 13.3. The zero-order chi connectivity index (χ0) is 22.5. The van der Waals surface area contributed by atoms with Crippen molar-refractivity contribution in [1.82, 2.24) is 5.32 Å². The summed E-state index contributed by atoms with van der Waals surface area (Å²) in [4.78, 5) is 28.2. The van der Waals surface area contributed by atoms with E-state index in [-0.39, 0.29) is 23.8 Å². The Morgan fingerprint density at radius 3 is 2.42 bits per heavy atom. The lowest BCUT2D eigenvalue weighted by Crippen LogP contribution is -2.49. The molecule has 1 heterocycles. The molecule has 0 radical (unpaired) electrons. The molecule has 1 saturated heterocycles. The van der Waals surface area contributed by atoms with Gasteiger partial charge in [-0.05, 0) is 56.5 Å². The van der Waals surface area contributed by atoms with E-state index in [9.17, 15) is 9.59 Å². The van der Waals surface area contributed by atoms with E-state index < -0.39 is 6.04 Å². The molecule has 6 nitrogen and oxygen atoms in total. The standard InChI is InChI=1S/C25H32N2O4/c1-6-17(3)26-25(29)20-12-14-23(28)27(19-10-7-16(2)8-11-19)24(20)18-9-13-21(30-4)22(15-18)31-5/h7-11,13,15,17,20,24H,6,12,14H2,1-5H3,(H,26,29)/t17-,20-,24-/m0/s1. The predicted octanol–water partition coefficient (Wildman–Crippen LogP) is 4.41. The summed E-state index contributed by atoms with van der Waals surface area (Å²) >= 11 is 0. The highest BCUT2D eigenvalue weighted by Crippen LogP contribution is 2.42. The monoisotopic (exact) mass is 424 g/mol. The molecule has 1 fully saturated rings. The Labute approximate surface area is 184 Å². The smallest absolute Gasteiger partial charge is 0.227 e. The Morgan fingerprint density at radius 1 is 1.13 bits per heavy atom. The first-order valence-electron chi connectivity index (χ1n) is 10.8. The molecule has 0 aliphatic carbocycles. The molecule has 1 aliphatic heterocycles. The number of hydrogen-bond acceptors (Lipinski definition) is 4. The van der Waals surface area contributed by atoms with Crippen molar-refractivity contribution in [2.24, 2.45) is 5.92 Å². The van der Waals surface area contributed by atoms with Crippen molar-refractivity contribution in [2.75, 3.05) is 19.1 Å². The number of aryl methyl sites for hydroxylation is 1. The zero-order valence-corrected chi connectivity index (χ0v) is 19.0. The van der Waals surface area contributed by atoms with Crippen molar-refractivity contribution in [3.8, 4) is 11.5 Å². The maximum absolute atomic E-state index is 13.3. The van der Waals surface area contributed by atoms with Crippen LogP contribution < -0.4 is 19.7 Å². The minimum Gasteiger partial charge on any atom is -0.493 e. The number of piperidine rings is 1. The number of ether oxygens (including phenoxy) is 2. The molecule has 1 aliphatic rings. The van der Waals surface area contributed by atoms with Gasteiger partial charge < -0.3 is 19.7 Å². The second kappa shape index (κ2) is 9.86. The SMILES string of the molecule is CC[C@H](C)NC(=O)[C@H]1CCC(=O)N(c2ccc(C)cc2)[C@H]1c1ccc(OC)c(OC)c1. The van der Waals surface area contributed by atoms with Crippen molar-refractivity contribution in [1.29, 1.82) is 0 Å². The summed E-state index contributed by atoms with van der Waals surface area (Å²) in [5.41, 5.74) is 2.74. The molecule has 0 spiro atoms. The number of carbonyl (C=O) groups excluding carboxylic acids is 2. The summed E-state index contributed by atoms with van der Waals surface area (Å²) in [6.45, 7) is 6.05. The Balaban J connectivity index is 2.10. The van der Waals surface area contributed by atoms with Crippen LogP contribution in [-0.2, 0) is 9.59 Å². The molecule has 1 N–H and O–H groups in total. The second-order valence-electron chi connectivity index (χ2n) is 8.12. The van der Waals surface area contributed by atoms with E-state index in [1.165, 1.54) is 0 Å². The minimum atomic E-state index is -0.437. The van der Waals surface area contributed by atoms with Crippen LogP contribution in [0.5, 0.6) is 11.5 Å². The number of rotatable bonds is 7. The number of anilines is 1. The summed E-state index contributed by atoms with van der Waals surface area (Å²) in [6.07, 6.45) is 1.68. The van der Waals surface area contributed by atoms with Crippen LogP contribution in [0.2, 0.25) is 0 Å². The summed E-state index contributed by atoms with van der Waals surface area (Å²) in [5, 5.41) is 3.11. The summed E-state index contributed by atoms with van der Waals surface area (Å²) in [5.74, 6) is 0.792. The number of nitrogens with zero attached hydrogens (tertiary/aromatic N) is 1. The van der Waals surface area contributed by atoms with Gasteiger partial charge in [-0.2, -0.15) is 0 Å². The summed E-state index contributed by atoms with van der Waals surface area (Å²) in [6, 6.07) is 13.1. The fraction of sp³-hybridized carbons (Fsp3) is 0.440. The van der Waals surface area contributed by atoms with Gasteiger partial charge in [0.25, 0.3) is 0 Å². The molecule has 6 heteroatoms. The number of nitrogens with one attached hydrogen (secondary N) is 1. The van der Waals surface area contributed by atoms with Gasteiger partial charge in [-0.25, -0.2) is 0 Å². The van der Waals surface area contributed by atoms with E-state index in [4.69, 9.17) is 9.47 Å². The second-order valence-corrected chi connectivity index (χ2v) is 8.12. The highest BCUT2D eigenvalue weighted by Gasteiger charge is 2.42. The van der Waals surface area contributed by atoms with E-state index in [0.717, 1.165) is 23.2 Å². The third-order valence-electron chi connectivity index (χ3n) is 6.00. The van der Waals surface area contributed by atoms with Crippen LogP contribution in [0.3, 0.4) is 0 Å². The molecule has 2 aromatic carbocycles. The third-order valence-corrected chi connectivity index (χ3v) is 6.00. The largest absolute Gasteiger partial charge is 0.493 e. The van der Waals surface area contributed by atoms with Crippen molar-refractivity contribution < 1.29 is 19.1 Å². The summed E-state index contributed by atoms with van der Waals surface area (Å²) < 4.78 is 10.9. The zero-order valence-electron chi connectivity index (χ0n) is 19.0. The topological polar surface area (TPSA) is 67.9 Å². The molecule has 166 valence electrons. The number of methoxy groups -OCH3 is 2. The van der Waals surface area contributed by atoms with Gasteiger partial charge in [-0.15, -0.1) is 0 Å². The first-order valence-corrected chi connectivity index (χ1v) is 10.8. The third kappa shape index (κ3) is 4.84. The van der Waals surface area contributed by atoms with Gasteiger partial charge in [0.15, 0.2) is 11.5 Å². The highest BCUT2D eigenvalue weighted by molar-refractivity contribution is 5.97. The predicted molar refractivity (Wildman–Crippen MR) is 122 cm³/mol. The molecule has 3 rings (SSSR count). The molecular weight excluding hydrogens is 392 g/mol. The quantitative estimate of drug-likeness (QED) is 0.715. The number of carbonyl (C=O) groups is 2. The fourth-order valence-electron chi connectivity index (χ4n) is 4.05. The Morgan fingerprint density at radius 2 is 1.81 bits per heavy atom. The van der Waals surface area contributed by atoms with Gasteiger partial charge in [0.05, 0.1) is 26.2 Å². The van der Waals surface area contributed by atoms with Crippen LogP contribution >= 0.6 is 0 Å². The first kappa shape index (κ1) is 22.7. The fourth-order valence-corrected chi connectivity index (χ4v) is 4.05. The van der Waals surface area contributed by atoms with Gasteiger partial charge in [0, 0.05) is 18.2 Å². The van der Waals surface area contributed by atoms with Gasteiger partial charge in [0.1, 0.15) is 0 Å². The molecule has 31 heavy (non-hydrogen) atoms. The lowest BCUT2D eigenvalue weighted by atomic mass is 9.82. The minimum absolute atomic E-state index is 0.0104. The van der Waals surface area contributed by atoms with Crippen LogP contribution in [0.15, 0.2) is 42.5 Å². The van der Waals surface area contributed by atoms with Crippen LogP contribution in [0.25, 0.3) is 0 Å². The van der Waals surface area contributed by atoms with E-state index in [1.54, 1.807) is 19.1 Å². The van der Waals surface area contributed by atoms with E-state index in [1.807, 2.05) is 63.2 Å². The average molecular weight is 425 g/mol. The first-order chi connectivity index (χ1) is 14.9. The van der Waals surface area contributed by atoms with Gasteiger partial charge in [-0.3, -0.25) is 9.59 Å².